The lowest BCUT2D eigenvalue weighted by molar-refractivity contribution is -0.123. The zero-order valence-corrected chi connectivity index (χ0v) is 19.9. The van der Waals surface area contributed by atoms with Crippen molar-refractivity contribution in [1.82, 2.24) is 4.31 Å². The molecule has 9 heteroatoms. The van der Waals surface area contributed by atoms with Crippen LogP contribution in [0, 0.1) is 13.8 Å². The van der Waals surface area contributed by atoms with E-state index in [1.807, 2.05) is 19.9 Å². The van der Waals surface area contributed by atoms with Crippen LogP contribution in [-0.4, -0.2) is 43.8 Å². The van der Waals surface area contributed by atoms with E-state index in [-0.39, 0.29) is 15.6 Å². The Hall–Kier alpha value is -2.42. The first kappa shape index (κ1) is 24.2. The van der Waals surface area contributed by atoms with Gasteiger partial charge in [-0.15, -0.1) is 0 Å². The molecule has 0 radical (unpaired) electrons. The second-order valence-corrected chi connectivity index (χ2v) is 10.4. The van der Waals surface area contributed by atoms with Gasteiger partial charge in [0.25, 0.3) is 5.91 Å². The summed E-state index contributed by atoms with van der Waals surface area (Å²) in [6.45, 7) is 6.12. The monoisotopic (exact) mass is 478 g/mol. The van der Waals surface area contributed by atoms with Crippen LogP contribution in [0.25, 0.3) is 0 Å². The molecule has 0 bridgehead atoms. The molecule has 0 saturated carbocycles. The van der Waals surface area contributed by atoms with E-state index in [1.165, 1.54) is 29.4 Å². The van der Waals surface area contributed by atoms with Gasteiger partial charge >= 0.3 is 5.97 Å². The average Bonchev–Trinajstić information content (AvgIpc) is 2.75. The third-order valence-electron chi connectivity index (χ3n) is 5.26. The molecule has 1 saturated heterocycles. The lowest BCUT2D eigenvalue weighted by atomic mass is 10.1. The number of hydrogen-bond donors (Lipinski definition) is 1. The topological polar surface area (TPSA) is 92.8 Å². The maximum atomic E-state index is 12.9. The first-order valence-electron chi connectivity index (χ1n) is 10.5. The van der Waals surface area contributed by atoms with E-state index in [4.69, 9.17) is 16.3 Å². The van der Waals surface area contributed by atoms with Crippen molar-refractivity contribution in [3.63, 3.8) is 0 Å². The lowest BCUT2D eigenvalue weighted by Crippen LogP contribution is -2.35. The number of halogens is 1. The molecule has 2 aromatic rings. The molecule has 32 heavy (non-hydrogen) atoms. The maximum absolute atomic E-state index is 12.9. The molecule has 1 atom stereocenters. The minimum atomic E-state index is -3.68. The van der Waals surface area contributed by atoms with Gasteiger partial charge in [-0.3, -0.25) is 4.79 Å². The highest BCUT2D eigenvalue weighted by atomic mass is 35.5. The number of anilines is 1. The molecule has 1 heterocycles. The molecule has 1 fully saturated rings. The standard InChI is InChI=1S/C23H27ClN2O5S/c1-15-11-16(2)13-18(12-15)23(28)31-17(3)22(27)25-21-14-19(7-8-20(21)24)32(29,30)26-9-5-4-6-10-26/h7-8,11-14,17H,4-6,9-10H2,1-3H3,(H,25,27). The lowest BCUT2D eigenvalue weighted by Gasteiger charge is -2.26. The number of carbonyl (C=O) groups is 2. The number of piperidine rings is 1. The summed E-state index contributed by atoms with van der Waals surface area (Å²) in [6.07, 6.45) is 1.54. The Morgan fingerprint density at radius 1 is 1.03 bits per heavy atom. The molecule has 0 spiro atoms. The largest absolute Gasteiger partial charge is 0.449 e. The number of nitrogens with zero attached hydrogens (tertiary/aromatic N) is 1. The number of aryl methyl sites for hydroxylation is 2. The Bertz CT molecular complexity index is 1110. The fourth-order valence-electron chi connectivity index (χ4n) is 3.62. The van der Waals surface area contributed by atoms with Crippen LogP contribution < -0.4 is 5.32 Å². The van der Waals surface area contributed by atoms with Crippen molar-refractivity contribution in [2.24, 2.45) is 0 Å². The highest BCUT2D eigenvalue weighted by molar-refractivity contribution is 7.89. The SMILES string of the molecule is Cc1cc(C)cc(C(=O)OC(C)C(=O)Nc2cc(S(=O)(=O)N3CCCCC3)ccc2Cl)c1. The molecule has 7 nitrogen and oxygen atoms in total. The van der Waals surface area contributed by atoms with E-state index in [2.05, 4.69) is 5.32 Å². The Kier molecular flexibility index (Phi) is 7.59. The third-order valence-corrected chi connectivity index (χ3v) is 7.48. The second-order valence-electron chi connectivity index (χ2n) is 8.02. The van der Waals surface area contributed by atoms with Crippen molar-refractivity contribution in [3.8, 4) is 0 Å². The minimum absolute atomic E-state index is 0.0546. The minimum Gasteiger partial charge on any atom is -0.449 e. The van der Waals surface area contributed by atoms with E-state index >= 15 is 0 Å². The summed E-state index contributed by atoms with van der Waals surface area (Å²) >= 11 is 6.19. The Morgan fingerprint density at radius 2 is 1.66 bits per heavy atom. The van der Waals surface area contributed by atoms with E-state index in [1.54, 1.807) is 12.1 Å². The summed E-state index contributed by atoms with van der Waals surface area (Å²) in [6, 6.07) is 9.49. The molecule has 1 unspecified atom stereocenters. The van der Waals surface area contributed by atoms with E-state index in [0.29, 0.717) is 18.7 Å². The number of hydrogen-bond acceptors (Lipinski definition) is 5. The molecule has 3 rings (SSSR count). The van der Waals surface area contributed by atoms with Crippen molar-refractivity contribution < 1.29 is 22.7 Å². The predicted octanol–water partition coefficient (Wildman–Crippen LogP) is 4.32. The van der Waals surface area contributed by atoms with Crippen LogP contribution in [-0.2, 0) is 19.6 Å². The fraction of sp³-hybridized carbons (Fsp3) is 0.391. The van der Waals surface area contributed by atoms with Crippen molar-refractivity contribution in [2.75, 3.05) is 18.4 Å². The first-order chi connectivity index (χ1) is 15.1. The van der Waals surface area contributed by atoms with Gasteiger partial charge in [0.15, 0.2) is 6.10 Å². The first-order valence-corrected chi connectivity index (χ1v) is 12.3. The number of benzene rings is 2. The molecule has 1 N–H and O–H groups in total. The van der Waals surface area contributed by atoms with Crippen molar-refractivity contribution in [3.05, 3.63) is 58.1 Å². The van der Waals surface area contributed by atoms with Gasteiger partial charge in [0.2, 0.25) is 10.0 Å². The number of ether oxygens (including phenoxy) is 1. The normalized spacial score (nSPS) is 15.8. The van der Waals surface area contributed by atoms with Crippen molar-refractivity contribution >= 4 is 39.2 Å². The van der Waals surface area contributed by atoms with Crippen LogP contribution in [0.4, 0.5) is 5.69 Å². The van der Waals surface area contributed by atoms with Crippen LogP contribution in [0.1, 0.15) is 47.7 Å². The number of sulfonamides is 1. The maximum Gasteiger partial charge on any atom is 0.338 e. The van der Waals surface area contributed by atoms with Gasteiger partial charge in [-0.2, -0.15) is 4.31 Å². The number of rotatable bonds is 6. The number of nitrogens with one attached hydrogen (secondary N) is 1. The zero-order valence-electron chi connectivity index (χ0n) is 18.4. The van der Waals surface area contributed by atoms with E-state index in [9.17, 15) is 18.0 Å². The molecule has 1 aliphatic rings. The molecular formula is C23H27ClN2O5S. The number of carbonyl (C=O) groups excluding carboxylic acids is 2. The third kappa shape index (κ3) is 5.68. The van der Waals surface area contributed by atoms with Crippen molar-refractivity contribution in [2.45, 2.75) is 51.0 Å². The molecule has 2 aromatic carbocycles. The van der Waals surface area contributed by atoms with Gasteiger partial charge in [-0.05, 0) is 63.9 Å². The van der Waals surface area contributed by atoms with Gasteiger partial charge in [0.05, 0.1) is 21.2 Å². The smallest absolute Gasteiger partial charge is 0.338 e. The molecule has 0 aliphatic carbocycles. The highest BCUT2D eigenvalue weighted by Gasteiger charge is 2.27. The van der Waals surface area contributed by atoms with Gasteiger partial charge in [0.1, 0.15) is 0 Å². The Labute approximate surface area is 193 Å². The van der Waals surface area contributed by atoms with E-state index < -0.39 is 28.0 Å². The summed E-state index contributed by atoms with van der Waals surface area (Å²) in [5.41, 5.74) is 2.32. The van der Waals surface area contributed by atoms with Gasteiger partial charge in [-0.25, -0.2) is 13.2 Å². The van der Waals surface area contributed by atoms with E-state index in [0.717, 1.165) is 30.4 Å². The van der Waals surface area contributed by atoms with Crippen LogP contribution in [0.2, 0.25) is 5.02 Å². The second kappa shape index (κ2) is 10.0. The summed E-state index contributed by atoms with van der Waals surface area (Å²) in [4.78, 5) is 25.1. The summed E-state index contributed by atoms with van der Waals surface area (Å²) < 4.78 is 32.6. The molecule has 1 amide bonds. The highest BCUT2D eigenvalue weighted by Crippen LogP contribution is 2.28. The van der Waals surface area contributed by atoms with Gasteiger partial charge in [-0.1, -0.05) is 35.2 Å². The van der Waals surface area contributed by atoms with Crippen LogP contribution in [0.3, 0.4) is 0 Å². The Balaban J connectivity index is 1.72. The average molecular weight is 479 g/mol. The quantitative estimate of drug-likeness (QED) is 0.624. The van der Waals surface area contributed by atoms with Gasteiger partial charge < -0.3 is 10.1 Å². The van der Waals surface area contributed by atoms with Crippen molar-refractivity contribution in [1.29, 1.82) is 0 Å². The van der Waals surface area contributed by atoms with Crippen LogP contribution in [0.5, 0.6) is 0 Å². The van der Waals surface area contributed by atoms with Gasteiger partial charge in [0, 0.05) is 13.1 Å². The summed E-state index contributed by atoms with van der Waals surface area (Å²) in [5.74, 6) is -1.23. The Morgan fingerprint density at radius 3 is 2.28 bits per heavy atom. The summed E-state index contributed by atoms with van der Waals surface area (Å²) in [5, 5.41) is 2.76. The molecular weight excluding hydrogens is 452 g/mol. The number of amides is 1. The van der Waals surface area contributed by atoms with Crippen LogP contribution >= 0.6 is 11.6 Å². The summed E-state index contributed by atoms with van der Waals surface area (Å²) in [7, 11) is -3.68. The zero-order chi connectivity index (χ0) is 23.5. The fourth-order valence-corrected chi connectivity index (χ4v) is 5.33. The molecule has 1 aliphatic heterocycles. The molecule has 0 aromatic heterocycles. The number of esters is 1. The molecule has 172 valence electrons. The predicted molar refractivity (Wildman–Crippen MR) is 123 cm³/mol. The van der Waals surface area contributed by atoms with Crippen LogP contribution in [0.15, 0.2) is 41.3 Å².